The quantitative estimate of drug-likeness (QED) is 0.353. The lowest BCUT2D eigenvalue weighted by Crippen LogP contribution is -2.32. The normalized spacial score (nSPS) is 11.0. The van der Waals surface area contributed by atoms with Crippen LogP contribution in [0.25, 0.3) is 11.4 Å². The molecule has 5 nitrogen and oxygen atoms in total. The van der Waals surface area contributed by atoms with Gasteiger partial charge in [0.15, 0.2) is 0 Å². The highest BCUT2D eigenvalue weighted by atomic mass is 32.1. The standard InChI is InChI=1S/C23H23N3O2S2/c1-17-6-8-18(9-7-17)23-24-21(28-25-23)10-11-22(27)26(16-20-5-3-15-30-20)13-12-19-4-2-14-29-19/h2-9,14-15H,10-13,16H2,1H3. The Bertz CT molecular complexity index is 1050. The highest BCUT2D eigenvalue weighted by Crippen LogP contribution is 2.18. The molecule has 0 bridgehead atoms. The fraction of sp³-hybridized carbons (Fsp3) is 0.261. The molecule has 30 heavy (non-hydrogen) atoms. The van der Waals surface area contributed by atoms with Gasteiger partial charge in [0.2, 0.25) is 17.6 Å². The molecule has 1 aromatic carbocycles. The Kier molecular flexibility index (Phi) is 6.71. The van der Waals surface area contributed by atoms with Gasteiger partial charge in [-0.3, -0.25) is 4.79 Å². The van der Waals surface area contributed by atoms with Crippen LogP contribution in [0, 0.1) is 6.92 Å². The molecule has 0 N–H and O–H groups in total. The number of aromatic nitrogens is 2. The van der Waals surface area contributed by atoms with Gasteiger partial charge < -0.3 is 9.42 Å². The number of carbonyl (C=O) groups is 1. The third-order valence-corrected chi connectivity index (χ3v) is 6.62. The summed E-state index contributed by atoms with van der Waals surface area (Å²) in [7, 11) is 0. The molecule has 3 heterocycles. The maximum absolute atomic E-state index is 13.0. The fourth-order valence-electron chi connectivity index (χ4n) is 3.13. The number of hydrogen-bond acceptors (Lipinski definition) is 6. The Labute approximate surface area is 184 Å². The van der Waals surface area contributed by atoms with Crippen LogP contribution in [0.1, 0.15) is 27.6 Å². The predicted octanol–water partition coefficient (Wildman–Crippen LogP) is 5.37. The number of carbonyl (C=O) groups excluding carboxylic acids is 1. The minimum atomic E-state index is 0.107. The Morgan fingerprint density at radius 1 is 1.00 bits per heavy atom. The Morgan fingerprint density at radius 3 is 2.43 bits per heavy atom. The van der Waals surface area contributed by atoms with Crippen LogP contribution in [-0.2, 0) is 24.2 Å². The summed E-state index contributed by atoms with van der Waals surface area (Å²) in [5, 5.41) is 8.18. The zero-order valence-electron chi connectivity index (χ0n) is 16.8. The highest BCUT2D eigenvalue weighted by Gasteiger charge is 2.17. The number of hydrogen-bond donors (Lipinski definition) is 0. The Hall–Kier alpha value is -2.77. The average Bonchev–Trinajstić information content (AvgIpc) is 3.53. The molecular formula is C23H23N3O2S2. The van der Waals surface area contributed by atoms with E-state index in [1.165, 1.54) is 15.3 Å². The van der Waals surface area contributed by atoms with Crippen molar-refractivity contribution in [2.24, 2.45) is 0 Å². The topological polar surface area (TPSA) is 59.2 Å². The first-order chi connectivity index (χ1) is 14.7. The van der Waals surface area contributed by atoms with E-state index < -0.39 is 0 Å². The number of amides is 1. The first-order valence-corrected chi connectivity index (χ1v) is 11.7. The monoisotopic (exact) mass is 437 g/mol. The second-order valence-corrected chi connectivity index (χ2v) is 9.17. The van der Waals surface area contributed by atoms with E-state index in [0.717, 1.165) is 12.0 Å². The van der Waals surface area contributed by atoms with Crippen LogP contribution in [0.2, 0.25) is 0 Å². The molecule has 0 spiro atoms. The van der Waals surface area contributed by atoms with Crippen molar-refractivity contribution in [1.82, 2.24) is 15.0 Å². The van der Waals surface area contributed by atoms with E-state index in [1.54, 1.807) is 22.7 Å². The third kappa shape index (κ3) is 5.43. The molecule has 154 valence electrons. The van der Waals surface area contributed by atoms with Crippen LogP contribution in [0.4, 0.5) is 0 Å². The summed E-state index contributed by atoms with van der Waals surface area (Å²) in [6.07, 6.45) is 1.66. The van der Waals surface area contributed by atoms with Gasteiger partial charge >= 0.3 is 0 Å². The van der Waals surface area contributed by atoms with E-state index in [-0.39, 0.29) is 5.91 Å². The van der Waals surface area contributed by atoms with Crippen molar-refractivity contribution in [3.8, 4) is 11.4 Å². The van der Waals surface area contributed by atoms with Gasteiger partial charge in [-0.25, -0.2) is 0 Å². The maximum atomic E-state index is 13.0. The molecule has 0 radical (unpaired) electrons. The minimum absolute atomic E-state index is 0.107. The molecule has 0 saturated carbocycles. The number of nitrogens with zero attached hydrogens (tertiary/aromatic N) is 3. The largest absolute Gasteiger partial charge is 0.339 e. The smallest absolute Gasteiger partial charge is 0.227 e. The van der Waals surface area contributed by atoms with E-state index in [0.29, 0.717) is 37.6 Å². The van der Waals surface area contributed by atoms with Gasteiger partial charge in [-0.1, -0.05) is 47.1 Å². The van der Waals surface area contributed by atoms with Gasteiger partial charge in [0, 0.05) is 34.7 Å². The first kappa shape index (κ1) is 20.5. The molecule has 4 aromatic rings. The number of benzene rings is 1. The summed E-state index contributed by atoms with van der Waals surface area (Å²) < 4.78 is 5.38. The number of rotatable bonds is 9. The van der Waals surface area contributed by atoms with E-state index in [1.807, 2.05) is 53.6 Å². The van der Waals surface area contributed by atoms with Crippen molar-refractivity contribution in [1.29, 1.82) is 0 Å². The molecule has 0 atom stereocenters. The van der Waals surface area contributed by atoms with Crippen molar-refractivity contribution in [2.75, 3.05) is 6.54 Å². The molecule has 0 unspecified atom stereocenters. The molecule has 1 amide bonds. The molecule has 0 aliphatic heterocycles. The van der Waals surface area contributed by atoms with E-state index in [4.69, 9.17) is 4.52 Å². The summed E-state index contributed by atoms with van der Waals surface area (Å²) in [5.41, 5.74) is 2.10. The van der Waals surface area contributed by atoms with Gasteiger partial charge in [0.05, 0.1) is 6.54 Å². The minimum Gasteiger partial charge on any atom is -0.339 e. The van der Waals surface area contributed by atoms with Gasteiger partial charge in [0.1, 0.15) is 0 Å². The molecule has 0 aliphatic carbocycles. The first-order valence-electron chi connectivity index (χ1n) is 9.89. The molecule has 3 aromatic heterocycles. The van der Waals surface area contributed by atoms with Crippen molar-refractivity contribution >= 4 is 28.6 Å². The fourth-order valence-corrected chi connectivity index (χ4v) is 4.55. The molecular weight excluding hydrogens is 414 g/mol. The molecule has 4 rings (SSSR count). The highest BCUT2D eigenvalue weighted by molar-refractivity contribution is 7.10. The average molecular weight is 438 g/mol. The van der Waals surface area contributed by atoms with E-state index in [9.17, 15) is 4.79 Å². The summed E-state index contributed by atoms with van der Waals surface area (Å²) in [4.78, 5) is 21.8. The van der Waals surface area contributed by atoms with Crippen molar-refractivity contribution in [3.05, 3.63) is 80.5 Å². The molecule has 7 heteroatoms. The van der Waals surface area contributed by atoms with Crippen molar-refractivity contribution < 1.29 is 9.32 Å². The van der Waals surface area contributed by atoms with Crippen molar-refractivity contribution in [3.63, 3.8) is 0 Å². The zero-order chi connectivity index (χ0) is 20.8. The zero-order valence-corrected chi connectivity index (χ0v) is 18.4. The van der Waals surface area contributed by atoms with Crippen LogP contribution in [0.3, 0.4) is 0 Å². The lowest BCUT2D eigenvalue weighted by Gasteiger charge is -2.21. The van der Waals surface area contributed by atoms with Crippen molar-refractivity contribution in [2.45, 2.75) is 32.7 Å². The van der Waals surface area contributed by atoms with Gasteiger partial charge in [-0.2, -0.15) is 4.98 Å². The molecule has 0 fully saturated rings. The van der Waals surface area contributed by atoms with E-state index in [2.05, 4.69) is 27.7 Å². The summed E-state index contributed by atoms with van der Waals surface area (Å²) >= 11 is 3.40. The second-order valence-electron chi connectivity index (χ2n) is 7.10. The lowest BCUT2D eigenvalue weighted by molar-refractivity contribution is -0.131. The van der Waals surface area contributed by atoms with Crippen LogP contribution >= 0.6 is 22.7 Å². The van der Waals surface area contributed by atoms with Crippen LogP contribution in [0.15, 0.2) is 63.8 Å². The number of aryl methyl sites for hydroxylation is 2. The Balaban J connectivity index is 1.37. The summed E-state index contributed by atoms with van der Waals surface area (Å²) in [5.74, 6) is 1.16. The second kappa shape index (κ2) is 9.82. The van der Waals surface area contributed by atoms with E-state index >= 15 is 0 Å². The summed E-state index contributed by atoms with van der Waals surface area (Å²) in [6.45, 7) is 3.38. The van der Waals surface area contributed by atoms with Crippen LogP contribution in [-0.4, -0.2) is 27.5 Å². The van der Waals surface area contributed by atoms with Gasteiger partial charge in [-0.05, 0) is 36.2 Å². The van der Waals surface area contributed by atoms with Crippen LogP contribution < -0.4 is 0 Å². The van der Waals surface area contributed by atoms with Crippen LogP contribution in [0.5, 0.6) is 0 Å². The van der Waals surface area contributed by atoms with Gasteiger partial charge in [-0.15, -0.1) is 22.7 Å². The predicted molar refractivity (Wildman–Crippen MR) is 121 cm³/mol. The molecule has 0 aliphatic rings. The number of thiophene rings is 2. The maximum Gasteiger partial charge on any atom is 0.227 e. The lowest BCUT2D eigenvalue weighted by atomic mass is 10.1. The Morgan fingerprint density at radius 2 is 1.73 bits per heavy atom. The summed E-state index contributed by atoms with van der Waals surface area (Å²) in [6, 6.07) is 16.2. The third-order valence-electron chi connectivity index (χ3n) is 4.82. The van der Waals surface area contributed by atoms with Gasteiger partial charge in [0.25, 0.3) is 0 Å². The molecule has 0 saturated heterocycles. The SMILES string of the molecule is Cc1ccc(-c2noc(CCC(=O)N(CCc3cccs3)Cc3cccs3)n2)cc1.